The molecule has 3 aromatic carbocycles. The highest BCUT2D eigenvalue weighted by atomic mass is 35.5. The van der Waals surface area contributed by atoms with Gasteiger partial charge in [-0.3, -0.25) is 28.9 Å². The van der Waals surface area contributed by atoms with Crippen LogP contribution in [0.1, 0.15) is 42.7 Å². The highest BCUT2D eigenvalue weighted by Gasteiger charge is 2.70. The van der Waals surface area contributed by atoms with E-state index in [4.69, 9.17) is 16.7 Å². The molecular weight excluding hydrogens is 627 g/mol. The number of phenols is 1. The number of carbonyl (C=O) groups is 5. The van der Waals surface area contributed by atoms with Gasteiger partial charge in [0.05, 0.1) is 28.9 Å². The summed E-state index contributed by atoms with van der Waals surface area (Å²) in [5.74, 6) is -8.50. The molecule has 7 rings (SSSR count). The number of carboxylic acids is 1. The molecule has 2 saturated heterocycles. The first-order valence-electron chi connectivity index (χ1n) is 15.5. The van der Waals surface area contributed by atoms with Crippen molar-refractivity contribution in [1.82, 2.24) is 4.90 Å². The number of hydrogen-bond acceptors (Lipinski definition) is 6. The lowest BCUT2D eigenvalue weighted by Crippen LogP contribution is -2.53. The summed E-state index contributed by atoms with van der Waals surface area (Å²) in [4.78, 5) is 70.6. The highest BCUT2D eigenvalue weighted by molar-refractivity contribution is 6.32. The summed E-state index contributed by atoms with van der Waals surface area (Å²) in [5.41, 5.74) is 0.245. The van der Waals surface area contributed by atoms with Crippen molar-refractivity contribution in [2.75, 3.05) is 11.4 Å². The van der Waals surface area contributed by atoms with Crippen LogP contribution in [0.5, 0.6) is 5.75 Å². The maximum Gasteiger partial charge on any atom is 0.303 e. The summed E-state index contributed by atoms with van der Waals surface area (Å²) in [6, 6.07) is 19.2. The Morgan fingerprint density at radius 2 is 1.70 bits per heavy atom. The van der Waals surface area contributed by atoms with Crippen LogP contribution >= 0.6 is 11.6 Å². The summed E-state index contributed by atoms with van der Waals surface area (Å²) < 4.78 is 15.2. The van der Waals surface area contributed by atoms with Gasteiger partial charge in [-0.05, 0) is 66.6 Å². The standard InChI is InChI=1S/C36H30ClFN2O7/c37-21-8-4-9-22(17-21)40-33(45)26-18-25-23(12-13-24-30(25)34(46)39(32(24)44)15-5-10-29(42)43)31(19-11-14-28(41)27(38)16-19)36(26,35(40)47)20-6-2-1-3-7-20/h1-4,6-9,11-12,14,16-17,24-26,30-31,41H,5,10,13,15,18H2,(H,42,43). The highest BCUT2D eigenvalue weighted by Crippen LogP contribution is 2.64. The van der Waals surface area contributed by atoms with Crippen LogP contribution < -0.4 is 4.90 Å². The molecule has 2 aliphatic heterocycles. The first-order valence-corrected chi connectivity index (χ1v) is 15.9. The van der Waals surface area contributed by atoms with Gasteiger partial charge in [0, 0.05) is 23.9 Å². The van der Waals surface area contributed by atoms with Crippen LogP contribution in [0, 0.1) is 29.5 Å². The van der Waals surface area contributed by atoms with Crippen LogP contribution in [-0.2, 0) is 29.4 Å². The lowest BCUT2D eigenvalue weighted by Gasteiger charge is -2.50. The molecule has 4 amide bonds. The van der Waals surface area contributed by atoms with Gasteiger partial charge in [0.25, 0.3) is 0 Å². The van der Waals surface area contributed by atoms with E-state index in [0.717, 1.165) is 15.9 Å². The molecule has 47 heavy (non-hydrogen) atoms. The maximum absolute atomic E-state index is 15.2. The Bertz CT molecular complexity index is 1880. The van der Waals surface area contributed by atoms with Crippen molar-refractivity contribution in [3.8, 4) is 5.75 Å². The number of aliphatic carboxylic acids is 1. The molecule has 9 nitrogen and oxygen atoms in total. The predicted octanol–water partition coefficient (Wildman–Crippen LogP) is 5.21. The molecule has 0 spiro atoms. The Kier molecular flexibility index (Phi) is 7.50. The number of nitrogens with zero attached hydrogens (tertiary/aromatic N) is 2. The third-order valence-corrected chi connectivity index (χ3v) is 10.6. The largest absolute Gasteiger partial charge is 0.505 e. The van der Waals surface area contributed by atoms with Crippen LogP contribution in [0.2, 0.25) is 5.02 Å². The molecule has 0 bridgehead atoms. The molecule has 6 unspecified atom stereocenters. The van der Waals surface area contributed by atoms with Crippen molar-refractivity contribution in [1.29, 1.82) is 0 Å². The zero-order valence-corrected chi connectivity index (χ0v) is 25.8. The van der Waals surface area contributed by atoms with Crippen LogP contribution in [0.4, 0.5) is 10.1 Å². The van der Waals surface area contributed by atoms with Gasteiger partial charge in [0.1, 0.15) is 0 Å². The van der Waals surface area contributed by atoms with Crippen molar-refractivity contribution < 1.29 is 38.6 Å². The summed E-state index contributed by atoms with van der Waals surface area (Å²) in [6.07, 6.45) is 2.01. The summed E-state index contributed by atoms with van der Waals surface area (Å²) in [6.45, 7) is -0.0387. The van der Waals surface area contributed by atoms with E-state index in [1.165, 1.54) is 18.2 Å². The van der Waals surface area contributed by atoms with Crippen LogP contribution in [0.25, 0.3) is 0 Å². The quantitative estimate of drug-likeness (QED) is 0.264. The average molecular weight is 657 g/mol. The minimum atomic E-state index is -1.56. The number of phenolic OH excluding ortho intramolecular Hbond substituents is 1. The molecule has 6 atom stereocenters. The molecule has 240 valence electrons. The summed E-state index contributed by atoms with van der Waals surface area (Å²) >= 11 is 6.31. The van der Waals surface area contributed by atoms with Crippen molar-refractivity contribution in [3.63, 3.8) is 0 Å². The SMILES string of the molecule is O=C(O)CCCN1C(=O)C2CC=C3C(CC4C(=O)N(c5cccc(Cl)c5)C(=O)C4(c4ccccc4)C3c3ccc(O)c(F)c3)C2C1=O. The van der Waals surface area contributed by atoms with Gasteiger partial charge in [0.2, 0.25) is 23.6 Å². The monoisotopic (exact) mass is 656 g/mol. The molecule has 0 aromatic heterocycles. The fourth-order valence-corrected chi connectivity index (χ4v) is 8.68. The minimum absolute atomic E-state index is 0.0387. The number of amides is 4. The molecule has 2 heterocycles. The van der Waals surface area contributed by atoms with E-state index < -0.39 is 70.3 Å². The molecule has 3 aromatic rings. The van der Waals surface area contributed by atoms with Gasteiger partial charge in [-0.15, -0.1) is 0 Å². The second-order valence-corrected chi connectivity index (χ2v) is 13.1. The number of allylic oxidation sites excluding steroid dienone is 2. The van der Waals surface area contributed by atoms with Crippen molar-refractivity contribution >= 4 is 46.9 Å². The molecule has 2 N–H and O–H groups in total. The third-order valence-electron chi connectivity index (χ3n) is 10.3. The van der Waals surface area contributed by atoms with Gasteiger partial charge in [-0.25, -0.2) is 9.29 Å². The van der Waals surface area contributed by atoms with Gasteiger partial charge >= 0.3 is 5.97 Å². The van der Waals surface area contributed by atoms with E-state index in [9.17, 15) is 24.3 Å². The molecule has 1 saturated carbocycles. The lowest BCUT2D eigenvalue weighted by molar-refractivity contribution is -0.142. The molecule has 4 aliphatic rings. The minimum Gasteiger partial charge on any atom is -0.505 e. The van der Waals surface area contributed by atoms with Crippen molar-refractivity contribution in [2.45, 2.75) is 37.0 Å². The van der Waals surface area contributed by atoms with E-state index in [-0.39, 0.29) is 43.8 Å². The molecular formula is C36H30ClFN2O7. The number of aromatic hydroxyl groups is 1. The summed E-state index contributed by atoms with van der Waals surface area (Å²) in [5, 5.41) is 19.6. The third kappa shape index (κ3) is 4.60. The van der Waals surface area contributed by atoms with E-state index in [1.54, 1.807) is 48.5 Å². The Morgan fingerprint density at radius 1 is 0.936 bits per heavy atom. The van der Waals surface area contributed by atoms with Gasteiger partial charge in [-0.1, -0.05) is 65.7 Å². The number of fused-ring (bicyclic) bond motifs is 4. The molecule has 0 radical (unpaired) electrons. The molecule has 2 aliphatic carbocycles. The first-order chi connectivity index (χ1) is 22.5. The predicted molar refractivity (Wildman–Crippen MR) is 168 cm³/mol. The smallest absolute Gasteiger partial charge is 0.303 e. The second kappa shape index (κ2) is 11.5. The number of hydrogen-bond donors (Lipinski definition) is 2. The number of carbonyl (C=O) groups excluding carboxylic acids is 4. The maximum atomic E-state index is 15.2. The van der Waals surface area contributed by atoms with Crippen molar-refractivity contribution in [2.24, 2.45) is 23.7 Å². The second-order valence-electron chi connectivity index (χ2n) is 12.6. The Morgan fingerprint density at radius 3 is 2.40 bits per heavy atom. The van der Waals surface area contributed by atoms with Gasteiger partial charge in [0.15, 0.2) is 11.6 Å². The van der Waals surface area contributed by atoms with Crippen molar-refractivity contribution in [3.05, 3.63) is 106 Å². The topological polar surface area (TPSA) is 132 Å². The summed E-state index contributed by atoms with van der Waals surface area (Å²) in [7, 11) is 0. The lowest BCUT2D eigenvalue weighted by atomic mass is 9.49. The van der Waals surface area contributed by atoms with Crippen LogP contribution in [-0.4, -0.2) is 51.3 Å². The normalized spacial score (nSPS) is 28.2. The number of imide groups is 2. The fourth-order valence-electron chi connectivity index (χ4n) is 8.50. The zero-order valence-electron chi connectivity index (χ0n) is 25.0. The number of rotatable bonds is 7. The number of halogens is 2. The Hall–Kier alpha value is -4.83. The van der Waals surface area contributed by atoms with E-state index in [1.807, 2.05) is 6.08 Å². The number of anilines is 1. The number of benzene rings is 3. The van der Waals surface area contributed by atoms with E-state index in [0.29, 0.717) is 21.7 Å². The molecule has 3 fully saturated rings. The Balaban J connectivity index is 1.43. The number of carboxylic acid groups (broad SMARTS) is 1. The van der Waals surface area contributed by atoms with E-state index >= 15 is 9.18 Å². The van der Waals surface area contributed by atoms with Crippen LogP contribution in [0.15, 0.2) is 84.4 Å². The van der Waals surface area contributed by atoms with Crippen LogP contribution in [0.3, 0.4) is 0 Å². The number of likely N-dealkylation sites (tertiary alicyclic amines) is 1. The van der Waals surface area contributed by atoms with Gasteiger partial charge < -0.3 is 10.2 Å². The van der Waals surface area contributed by atoms with Gasteiger partial charge in [-0.2, -0.15) is 0 Å². The average Bonchev–Trinajstić information content (AvgIpc) is 3.43. The fraction of sp³-hybridized carbons (Fsp3) is 0.306. The Labute approximate surface area is 274 Å². The first kappa shape index (κ1) is 30.8. The van der Waals surface area contributed by atoms with E-state index in [2.05, 4.69) is 0 Å². The zero-order chi connectivity index (χ0) is 33.2. The molecule has 11 heteroatoms.